The van der Waals surface area contributed by atoms with Gasteiger partial charge < -0.3 is 15.4 Å². The first-order valence-electron chi connectivity index (χ1n) is 7.64. The average molecular weight is 349 g/mol. The van der Waals surface area contributed by atoms with Crippen LogP contribution >= 0.6 is 22.9 Å². The predicted octanol–water partition coefficient (Wildman–Crippen LogP) is 3.07. The monoisotopic (exact) mass is 348 g/mol. The molecule has 1 aliphatic heterocycles. The van der Waals surface area contributed by atoms with E-state index in [0.29, 0.717) is 24.4 Å². The fourth-order valence-corrected chi connectivity index (χ4v) is 4.35. The number of ether oxygens (including phenoxy) is 1. The van der Waals surface area contributed by atoms with Crippen LogP contribution in [0.15, 0.2) is 30.0 Å². The highest BCUT2D eigenvalue weighted by Gasteiger charge is 2.21. The third-order valence-electron chi connectivity index (χ3n) is 4.12. The maximum atomic E-state index is 6.14. The largest absolute Gasteiger partial charge is 0.399 e. The lowest BCUT2D eigenvalue weighted by atomic mass is 9.98. The highest BCUT2D eigenvalue weighted by atomic mass is 35.5. The van der Waals surface area contributed by atoms with E-state index in [4.69, 9.17) is 22.1 Å². The molecule has 0 saturated carbocycles. The second-order valence-electron chi connectivity index (χ2n) is 5.69. The number of allylic oxidation sites excluding steroid dienone is 3. The highest BCUT2D eigenvalue weighted by molar-refractivity contribution is 7.19. The molecule has 0 spiro atoms. The molecule has 0 bridgehead atoms. The molecule has 1 unspecified atom stereocenters. The van der Waals surface area contributed by atoms with Crippen molar-refractivity contribution in [1.82, 2.24) is 9.97 Å². The second kappa shape index (κ2) is 6.11. The normalized spacial score (nSPS) is 21.7. The summed E-state index contributed by atoms with van der Waals surface area (Å²) in [5.41, 5.74) is 7.66. The summed E-state index contributed by atoms with van der Waals surface area (Å²) in [4.78, 5) is 12.4. The summed E-state index contributed by atoms with van der Waals surface area (Å²) in [5.74, 6) is 1.22. The van der Waals surface area contributed by atoms with Gasteiger partial charge in [0.05, 0.1) is 23.4 Å². The molecule has 5 nitrogen and oxygen atoms in total. The third kappa shape index (κ3) is 2.94. The highest BCUT2D eigenvalue weighted by Crippen LogP contribution is 2.38. The smallest absolute Gasteiger partial charge is 0.224 e. The number of anilines is 1. The van der Waals surface area contributed by atoms with E-state index in [1.165, 1.54) is 4.88 Å². The van der Waals surface area contributed by atoms with E-state index in [0.717, 1.165) is 41.2 Å². The lowest BCUT2D eigenvalue weighted by Crippen LogP contribution is -2.36. The predicted molar refractivity (Wildman–Crippen MR) is 94.2 cm³/mol. The van der Waals surface area contributed by atoms with Crippen molar-refractivity contribution in [3.8, 4) is 0 Å². The SMILES string of the molecule is NC1=CC(c2cc3nc(Cl)nc(N4CCOCC4)c3s2)CC=C1. The number of hydrogen-bond acceptors (Lipinski definition) is 6. The molecule has 23 heavy (non-hydrogen) atoms. The van der Waals surface area contributed by atoms with Crippen LogP contribution in [0, 0.1) is 0 Å². The van der Waals surface area contributed by atoms with Crippen LogP contribution in [-0.4, -0.2) is 36.3 Å². The van der Waals surface area contributed by atoms with Crippen molar-refractivity contribution in [2.75, 3.05) is 31.2 Å². The van der Waals surface area contributed by atoms with E-state index >= 15 is 0 Å². The summed E-state index contributed by atoms with van der Waals surface area (Å²) in [7, 11) is 0. The van der Waals surface area contributed by atoms with Gasteiger partial charge in [0.1, 0.15) is 0 Å². The fraction of sp³-hybridized carbons (Fsp3) is 0.375. The molecule has 7 heteroatoms. The van der Waals surface area contributed by atoms with Crippen LogP contribution in [0.25, 0.3) is 10.2 Å². The number of halogens is 1. The Bertz CT molecular complexity index is 795. The van der Waals surface area contributed by atoms with Crippen LogP contribution in [0.3, 0.4) is 0 Å². The van der Waals surface area contributed by atoms with Crippen molar-refractivity contribution in [3.63, 3.8) is 0 Å². The van der Waals surface area contributed by atoms with Crippen molar-refractivity contribution < 1.29 is 4.74 Å². The standard InChI is InChI=1S/C16H17ClN4OS/c17-16-19-12-9-13(10-2-1-3-11(18)8-10)23-14(12)15(20-16)21-4-6-22-7-5-21/h1,3,8-10H,2,4-7,18H2. The van der Waals surface area contributed by atoms with E-state index in [9.17, 15) is 0 Å². The second-order valence-corrected chi connectivity index (χ2v) is 7.11. The van der Waals surface area contributed by atoms with Gasteiger partial charge in [-0.15, -0.1) is 11.3 Å². The minimum Gasteiger partial charge on any atom is -0.399 e. The van der Waals surface area contributed by atoms with E-state index in [1.807, 2.05) is 6.08 Å². The van der Waals surface area contributed by atoms with Crippen LogP contribution in [-0.2, 0) is 4.74 Å². The minimum absolute atomic E-state index is 0.293. The lowest BCUT2D eigenvalue weighted by Gasteiger charge is -2.28. The Kier molecular flexibility index (Phi) is 3.97. The number of nitrogens with two attached hydrogens (primary N) is 1. The zero-order chi connectivity index (χ0) is 15.8. The van der Waals surface area contributed by atoms with Crippen LogP contribution in [0.2, 0.25) is 5.28 Å². The van der Waals surface area contributed by atoms with Crippen LogP contribution in [0.1, 0.15) is 17.2 Å². The molecule has 0 radical (unpaired) electrons. The average Bonchev–Trinajstić information content (AvgIpc) is 2.99. The zero-order valence-corrected chi connectivity index (χ0v) is 14.1. The molecule has 3 heterocycles. The summed E-state index contributed by atoms with van der Waals surface area (Å²) in [6.07, 6.45) is 7.14. The van der Waals surface area contributed by atoms with Crippen molar-refractivity contribution in [1.29, 1.82) is 0 Å². The molecule has 1 aliphatic carbocycles. The number of rotatable bonds is 2. The number of nitrogens with zero attached hydrogens (tertiary/aromatic N) is 3. The Morgan fingerprint density at radius 1 is 1.30 bits per heavy atom. The quantitative estimate of drug-likeness (QED) is 0.845. The number of fused-ring (bicyclic) bond motifs is 1. The minimum atomic E-state index is 0.293. The number of thiophene rings is 1. The molecule has 4 rings (SSSR count). The summed E-state index contributed by atoms with van der Waals surface area (Å²) in [6, 6.07) is 2.12. The van der Waals surface area contributed by atoms with Gasteiger partial charge in [-0.05, 0) is 30.2 Å². The first-order valence-corrected chi connectivity index (χ1v) is 8.83. The summed E-state index contributed by atoms with van der Waals surface area (Å²) in [5, 5.41) is 0.293. The maximum absolute atomic E-state index is 6.14. The van der Waals surface area contributed by atoms with Crippen molar-refractivity contribution in [3.05, 3.63) is 40.2 Å². The molecule has 2 N–H and O–H groups in total. The topological polar surface area (TPSA) is 64.3 Å². The van der Waals surface area contributed by atoms with E-state index in [2.05, 4.69) is 33.1 Å². The number of hydrogen-bond donors (Lipinski definition) is 1. The maximum Gasteiger partial charge on any atom is 0.224 e. The summed E-state index contributed by atoms with van der Waals surface area (Å²) in [6.45, 7) is 3.09. The van der Waals surface area contributed by atoms with E-state index < -0.39 is 0 Å². The van der Waals surface area contributed by atoms with Gasteiger partial charge in [0.15, 0.2) is 5.82 Å². The zero-order valence-electron chi connectivity index (χ0n) is 12.5. The van der Waals surface area contributed by atoms with Gasteiger partial charge in [-0.25, -0.2) is 4.98 Å². The van der Waals surface area contributed by atoms with Gasteiger partial charge in [-0.2, -0.15) is 4.98 Å². The van der Waals surface area contributed by atoms with Gasteiger partial charge in [0.2, 0.25) is 5.28 Å². The molecular formula is C16H17ClN4OS. The van der Waals surface area contributed by atoms with E-state index in [1.54, 1.807) is 11.3 Å². The van der Waals surface area contributed by atoms with Crippen molar-refractivity contribution in [2.45, 2.75) is 12.3 Å². The number of aromatic nitrogens is 2. The fourth-order valence-electron chi connectivity index (χ4n) is 2.98. The molecule has 1 saturated heterocycles. The molecule has 1 fully saturated rings. The molecule has 0 amide bonds. The lowest BCUT2D eigenvalue weighted by molar-refractivity contribution is 0.122. The Labute approximate surface area is 143 Å². The first-order chi connectivity index (χ1) is 11.2. The van der Waals surface area contributed by atoms with Gasteiger partial charge in [0.25, 0.3) is 0 Å². The molecule has 0 aromatic carbocycles. The third-order valence-corrected chi connectivity index (χ3v) is 5.54. The molecular weight excluding hydrogens is 332 g/mol. The van der Waals surface area contributed by atoms with Gasteiger partial charge in [-0.1, -0.05) is 12.2 Å². The van der Waals surface area contributed by atoms with Crippen molar-refractivity contribution in [2.24, 2.45) is 5.73 Å². The van der Waals surface area contributed by atoms with Crippen LogP contribution in [0.5, 0.6) is 0 Å². The molecule has 1 atom stereocenters. The molecule has 120 valence electrons. The first kappa shape index (κ1) is 14.9. The Morgan fingerprint density at radius 3 is 2.91 bits per heavy atom. The Morgan fingerprint density at radius 2 is 2.13 bits per heavy atom. The van der Waals surface area contributed by atoms with Crippen LogP contribution < -0.4 is 10.6 Å². The van der Waals surface area contributed by atoms with E-state index in [-0.39, 0.29) is 0 Å². The van der Waals surface area contributed by atoms with Crippen molar-refractivity contribution >= 4 is 39.0 Å². The summed E-state index contributed by atoms with van der Waals surface area (Å²) < 4.78 is 6.52. The van der Waals surface area contributed by atoms with Gasteiger partial charge in [-0.3, -0.25) is 0 Å². The number of morpholine rings is 1. The molecule has 2 aromatic heterocycles. The Balaban J connectivity index is 1.77. The van der Waals surface area contributed by atoms with Crippen LogP contribution in [0.4, 0.5) is 5.82 Å². The summed E-state index contributed by atoms with van der Waals surface area (Å²) >= 11 is 7.88. The Hall–Kier alpha value is -1.63. The molecule has 2 aliphatic rings. The molecule has 2 aromatic rings. The van der Waals surface area contributed by atoms with Gasteiger partial charge >= 0.3 is 0 Å². The van der Waals surface area contributed by atoms with Gasteiger partial charge in [0, 0.05) is 29.6 Å².